The lowest BCUT2D eigenvalue weighted by Crippen LogP contribution is -2.14. The van der Waals surface area contributed by atoms with E-state index in [0.717, 1.165) is 16.2 Å². The fourth-order valence-corrected chi connectivity index (χ4v) is 5.16. The lowest BCUT2D eigenvalue weighted by atomic mass is 10.1. The molecule has 0 unspecified atom stereocenters. The zero-order chi connectivity index (χ0) is 22.3. The van der Waals surface area contributed by atoms with E-state index in [1.54, 1.807) is 13.8 Å². The van der Waals surface area contributed by atoms with Crippen LogP contribution in [0.5, 0.6) is 0 Å². The number of nitrogens with zero attached hydrogens (tertiary/aromatic N) is 2. The molecule has 0 atom stereocenters. The number of carbonyl (C=O) groups is 1. The van der Waals surface area contributed by atoms with Crippen molar-refractivity contribution in [3.63, 3.8) is 0 Å². The molecule has 2 aromatic rings. The number of nitrogens with one attached hydrogen (secondary N) is 1. The third-order valence-electron chi connectivity index (χ3n) is 4.94. The normalized spacial score (nSPS) is 14.1. The number of aromatic nitrogens is 2. The Labute approximate surface area is 185 Å². The maximum absolute atomic E-state index is 9.63. The molecular formula is C20H31N5O3S2. The number of amides is 1. The van der Waals surface area contributed by atoms with Crippen molar-refractivity contribution >= 4 is 35.4 Å². The highest BCUT2D eigenvalue weighted by Gasteiger charge is 2.24. The maximum Gasteiger partial charge on any atom is 0.204 e. The number of hydrogen-bond donors (Lipinski definition) is 5. The van der Waals surface area contributed by atoms with Crippen molar-refractivity contribution in [3.8, 4) is 0 Å². The number of aliphatic hydroxyl groups is 2. The van der Waals surface area contributed by atoms with Crippen LogP contribution in [0.25, 0.3) is 0 Å². The summed E-state index contributed by atoms with van der Waals surface area (Å²) < 4.78 is 0.750. The second-order valence-corrected chi connectivity index (χ2v) is 9.42. The highest BCUT2D eigenvalue weighted by atomic mass is 32.2. The summed E-state index contributed by atoms with van der Waals surface area (Å²) in [6.45, 7) is 3.15. The molecule has 0 radical (unpaired) electrons. The molecule has 8 nitrogen and oxygen atoms in total. The van der Waals surface area contributed by atoms with Gasteiger partial charge in [0.05, 0.1) is 12.3 Å². The fraction of sp³-hybridized carbons (Fsp3) is 0.550. The van der Waals surface area contributed by atoms with Crippen LogP contribution in [-0.2, 0) is 42.7 Å². The van der Waals surface area contributed by atoms with Crippen molar-refractivity contribution in [3.05, 3.63) is 33.2 Å². The van der Waals surface area contributed by atoms with E-state index in [2.05, 4.69) is 16.0 Å². The van der Waals surface area contributed by atoms with Gasteiger partial charge in [0.25, 0.3) is 0 Å². The number of anilines is 1. The molecule has 2 aliphatic rings. The molecule has 2 heterocycles. The number of primary amides is 1. The van der Waals surface area contributed by atoms with Gasteiger partial charge in [0.1, 0.15) is 14.8 Å². The summed E-state index contributed by atoms with van der Waals surface area (Å²) in [5.41, 5.74) is 10.9. The van der Waals surface area contributed by atoms with E-state index < -0.39 is 5.60 Å². The smallest absolute Gasteiger partial charge is 0.204 e. The minimum absolute atomic E-state index is 0.147. The van der Waals surface area contributed by atoms with Gasteiger partial charge in [-0.25, -0.2) is 4.98 Å². The molecular weight excluding hydrogens is 422 g/mol. The number of aryl methyl sites for hydroxylation is 2. The monoisotopic (exact) mass is 453 g/mol. The minimum Gasteiger partial charge on any atom is -0.390 e. The average molecular weight is 454 g/mol. The molecule has 166 valence electrons. The van der Waals surface area contributed by atoms with Crippen LogP contribution in [0.1, 0.15) is 59.9 Å². The second-order valence-electron chi connectivity index (χ2n) is 7.52. The lowest BCUT2D eigenvalue weighted by molar-refractivity contribution is -0.106. The number of aliphatic hydroxyl groups excluding tert-OH is 1. The van der Waals surface area contributed by atoms with Crippen molar-refractivity contribution in [2.45, 2.75) is 68.8 Å². The van der Waals surface area contributed by atoms with Crippen LogP contribution >= 0.6 is 23.3 Å². The first-order valence-electron chi connectivity index (χ1n) is 9.87. The van der Waals surface area contributed by atoms with E-state index in [9.17, 15) is 5.11 Å². The molecule has 1 amide bonds. The Kier molecular flexibility index (Phi) is 9.05. The van der Waals surface area contributed by atoms with E-state index in [1.165, 1.54) is 78.1 Å². The van der Waals surface area contributed by atoms with E-state index in [-0.39, 0.29) is 13.0 Å². The van der Waals surface area contributed by atoms with Crippen LogP contribution in [0.4, 0.5) is 5.69 Å². The maximum atomic E-state index is 9.63. The van der Waals surface area contributed by atoms with Gasteiger partial charge in [-0.3, -0.25) is 14.9 Å². The van der Waals surface area contributed by atoms with Gasteiger partial charge in [0, 0.05) is 24.1 Å². The zero-order valence-electron chi connectivity index (χ0n) is 17.7. The van der Waals surface area contributed by atoms with E-state index in [1.807, 2.05) is 7.05 Å². The standard InChI is InChI=1S/C12H16N2.C7H12N2O2S2.CH3NO/c1-13-12-8-4-2-6-10(8)14-11-7-3-5-9(11)12;1-7(2,11)6-9-4(3-10)5(12-6)13-8;2-1-3/h2-7H2,1H3,(H,13,14);10-11H,3,8H2,1-2H3;1H,(H2,2,3). The number of fused-ring (bicyclic) bond motifs is 2. The Hall–Kier alpha value is -1.72. The van der Waals surface area contributed by atoms with Gasteiger partial charge in [-0.15, -0.1) is 11.3 Å². The molecule has 30 heavy (non-hydrogen) atoms. The molecule has 2 aromatic heterocycles. The number of hydrogen-bond acceptors (Lipinski definition) is 9. The summed E-state index contributed by atoms with van der Waals surface area (Å²) in [6.07, 6.45) is 7.67. The molecule has 0 saturated carbocycles. The van der Waals surface area contributed by atoms with Crippen LogP contribution in [-0.4, -0.2) is 33.6 Å². The molecule has 10 heteroatoms. The van der Waals surface area contributed by atoms with Crippen molar-refractivity contribution in [2.24, 2.45) is 10.9 Å². The average Bonchev–Trinajstić information content (AvgIpc) is 3.44. The predicted molar refractivity (Wildman–Crippen MR) is 121 cm³/mol. The van der Waals surface area contributed by atoms with Crippen molar-refractivity contribution in [2.75, 3.05) is 12.4 Å². The van der Waals surface area contributed by atoms with Gasteiger partial charge < -0.3 is 21.3 Å². The fourth-order valence-electron chi connectivity index (χ4n) is 3.68. The molecule has 0 aromatic carbocycles. The summed E-state index contributed by atoms with van der Waals surface area (Å²) in [4.78, 5) is 17.5. The highest BCUT2D eigenvalue weighted by molar-refractivity contribution is 7.99. The minimum atomic E-state index is -0.970. The lowest BCUT2D eigenvalue weighted by Gasteiger charge is -2.13. The number of thiazole rings is 1. The third-order valence-corrected chi connectivity index (χ3v) is 7.14. The number of nitrogens with two attached hydrogens (primary N) is 2. The molecule has 0 saturated heterocycles. The van der Waals surface area contributed by atoms with Gasteiger partial charge in [-0.2, -0.15) is 0 Å². The van der Waals surface area contributed by atoms with Gasteiger partial charge in [-0.05, 0) is 75.4 Å². The number of carbonyl (C=O) groups excluding carboxylic acids is 1. The Morgan fingerprint density at radius 3 is 2.07 bits per heavy atom. The van der Waals surface area contributed by atoms with Crippen LogP contribution in [0.3, 0.4) is 0 Å². The topological polar surface area (TPSA) is 147 Å². The van der Waals surface area contributed by atoms with Crippen molar-refractivity contribution < 1.29 is 15.0 Å². The molecule has 4 rings (SSSR count). The van der Waals surface area contributed by atoms with Crippen molar-refractivity contribution in [1.82, 2.24) is 9.97 Å². The first kappa shape index (κ1) is 24.5. The Bertz CT molecular complexity index is 811. The Morgan fingerprint density at radius 1 is 1.17 bits per heavy atom. The summed E-state index contributed by atoms with van der Waals surface area (Å²) in [5.74, 6) is 0. The summed E-state index contributed by atoms with van der Waals surface area (Å²) in [5, 5.41) is 27.9. The number of pyridine rings is 1. The number of rotatable bonds is 4. The summed E-state index contributed by atoms with van der Waals surface area (Å²) >= 11 is 2.35. The SMILES string of the molecule is CC(C)(O)c1nc(CO)c(SN)s1.CNc1c2c(nc3c1CCC3)CCC2.NC=O. The molecule has 0 fully saturated rings. The van der Waals surface area contributed by atoms with Crippen LogP contribution in [0, 0.1) is 0 Å². The molecule has 0 bridgehead atoms. The quantitative estimate of drug-likeness (QED) is 0.349. The van der Waals surface area contributed by atoms with Gasteiger partial charge in [0.15, 0.2) is 0 Å². The predicted octanol–water partition coefficient (Wildman–Crippen LogP) is 2.03. The molecule has 0 aliphatic heterocycles. The molecule has 2 aliphatic carbocycles. The summed E-state index contributed by atoms with van der Waals surface area (Å²) in [7, 11) is 2.05. The summed E-state index contributed by atoms with van der Waals surface area (Å²) in [6, 6.07) is 0. The van der Waals surface area contributed by atoms with Crippen LogP contribution in [0.15, 0.2) is 4.21 Å². The van der Waals surface area contributed by atoms with Gasteiger partial charge in [0.2, 0.25) is 6.41 Å². The first-order chi connectivity index (χ1) is 14.3. The second kappa shape index (κ2) is 11.1. The van der Waals surface area contributed by atoms with Crippen LogP contribution < -0.4 is 16.2 Å². The van der Waals surface area contributed by atoms with E-state index in [0.29, 0.717) is 10.7 Å². The van der Waals surface area contributed by atoms with E-state index >= 15 is 0 Å². The first-order valence-corrected chi connectivity index (χ1v) is 11.6. The zero-order valence-corrected chi connectivity index (χ0v) is 19.3. The van der Waals surface area contributed by atoms with Gasteiger partial charge in [-0.1, -0.05) is 0 Å². The van der Waals surface area contributed by atoms with Gasteiger partial charge >= 0.3 is 0 Å². The van der Waals surface area contributed by atoms with Crippen molar-refractivity contribution in [1.29, 1.82) is 0 Å². The van der Waals surface area contributed by atoms with E-state index in [4.69, 9.17) is 20.0 Å². The Morgan fingerprint density at radius 2 is 1.70 bits per heavy atom. The molecule has 0 spiro atoms. The Balaban J connectivity index is 0.000000190. The highest BCUT2D eigenvalue weighted by Crippen LogP contribution is 2.36. The largest absolute Gasteiger partial charge is 0.390 e. The van der Waals surface area contributed by atoms with Crippen LogP contribution in [0.2, 0.25) is 0 Å². The molecule has 7 N–H and O–H groups in total. The third kappa shape index (κ3) is 5.70.